The zero-order chi connectivity index (χ0) is 24.4. The molecule has 0 aliphatic carbocycles. The maximum absolute atomic E-state index is 14.8. The molecule has 0 bridgehead atoms. The molecule has 0 spiro atoms. The van der Waals surface area contributed by atoms with Crippen LogP contribution in [0.3, 0.4) is 0 Å². The van der Waals surface area contributed by atoms with Crippen LogP contribution in [0.25, 0.3) is 22.3 Å². The van der Waals surface area contributed by atoms with Crippen molar-refractivity contribution in [3.8, 4) is 11.3 Å². The zero-order valence-corrected chi connectivity index (χ0v) is 20.4. The Morgan fingerprint density at radius 1 is 1.03 bits per heavy atom. The van der Waals surface area contributed by atoms with Crippen molar-refractivity contribution in [2.24, 2.45) is 0 Å². The van der Waals surface area contributed by atoms with E-state index in [0.29, 0.717) is 23.4 Å². The fraction of sp³-hybridized carbons (Fsp3) is 0.385. The van der Waals surface area contributed by atoms with E-state index in [1.165, 1.54) is 6.20 Å². The number of hydrogen-bond donors (Lipinski definition) is 1. The molecule has 0 saturated carbocycles. The molecule has 0 unspecified atom stereocenters. The van der Waals surface area contributed by atoms with E-state index in [1.54, 1.807) is 6.20 Å². The first kappa shape index (κ1) is 23.3. The number of anilines is 2. The van der Waals surface area contributed by atoms with E-state index >= 15 is 0 Å². The largest absolute Gasteiger partial charge is 0.332 e. The number of aryl methyl sites for hydroxylation is 1. The van der Waals surface area contributed by atoms with Crippen molar-refractivity contribution in [1.29, 1.82) is 0 Å². The molecule has 5 heterocycles. The van der Waals surface area contributed by atoms with Crippen LogP contribution in [0, 0.1) is 5.82 Å². The van der Waals surface area contributed by atoms with Gasteiger partial charge in [-0.05, 0) is 44.5 Å². The van der Waals surface area contributed by atoms with Gasteiger partial charge in [0.2, 0.25) is 5.95 Å². The normalized spacial score (nSPS) is 15.2. The van der Waals surface area contributed by atoms with Gasteiger partial charge in [-0.15, -0.1) is 0 Å². The predicted molar refractivity (Wildman–Crippen MR) is 136 cm³/mol. The van der Waals surface area contributed by atoms with Crippen LogP contribution in [-0.2, 0) is 13.1 Å². The number of halogens is 1. The fourth-order valence-electron chi connectivity index (χ4n) is 4.57. The molecule has 1 N–H and O–H groups in total. The first-order chi connectivity index (χ1) is 17.0. The second-order valence-electron chi connectivity index (χ2n) is 9.18. The van der Waals surface area contributed by atoms with Gasteiger partial charge in [-0.2, -0.15) is 0 Å². The lowest BCUT2D eigenvalue weighted by molar-refractivity contribution is 0.104. The van der Waals surface area contributed by atoms with E-state index < -0.39 is 5.82 Å². The fourth-order valence-corrected chi connectivity index (χ4v) is 4.57. The summed E-state index contributed by atoms with van der Waals surface area (Å²) in [5.74, 6) is 0.441. The lowest BCUT2D eigenvalue weighted by atomic mass is 10.1. The van der Waals surface area contributed by atoms with Crippen molar-refractivity contribution >= 4 is 22.8 Å². The summed E-state index contributed by atoms with van der Waals surface area (Å²) in [6.07, 6.45) is 6.70. The highest BCUT2D eigenvalue weighted by atomic mass is 19.1. The molecular weight excluding hydrogens is 443 g/mol. The molecule has 182 valence electrons. The average molecular weight is 475 g/mol. The molecule has 1 fully saturated rings. The Morgan fingerprint density at radius 3 is 2.57 bits per heavy atom. The molecule has 9 heteroatoms. The molecule has 35 heavy (non-hydrogen) atoms. The Bertz CT molecular complexity index is 1290. The van der Waals surface area contributed by atoms with Gasteiger partial charge in [-0.25, -0.2) is 24.3 Å². The van der Waals surface area contributed by atoms with E-state index in [4.69, 9.17) is 0 Å². The standard InChI is InChI=1S/C26H31FN8/c1-4-34-17-21(20-6-5-9-28-25(20)34)24-22(27)15-30-26(32-24)31-23-8-7-19(14-29-23)16-33-10-12-35(13-11-33)18(2)3/h5-9,14-15,17-18H,4,10-13,16H2,1-3H3,(H,29,30,31,32). The Labute approximate surface area is 204 Å². The van der Waals surface area contributed by atoms with Crippen LogP contribution in [0.2, 0.25) is 0 Å². The SMILES string of the molecule is CCn1cc(-c2nc(Nc3ccc(CN4CCN(C(C)C)CC4)cn3)ncc2F)c2cccnc21. The summed E-state index contributed by atoms with van der Waals surface area (Å²) in [7, 11) is 0. The number of nitrogens with one attached hydrogen (secondary N) is 1. The molecule has 1 aliphatic rings. The molecule has 1 aliphatic heterocycles. The summed E-state index contributed by atoms with van der Waals surface area (Å²) in [4.78, 5) is 22.6. The van der Waals surface area contributed by atoms with Crippen molar-refractivity contribution in [3.05, 3.63) is 60.4 Å². The van der Waals surface area contributed by atoms with E-state index in [1.807, 2.05) is 42.1 Å². The number of rotatable bonds is 7. The third kappa shape index (κ3) is 5.01. The average Bonchev–Trinajstić information content (AvgIpc) is 3.25. The van der Waals surface area contributed by atoms with Crippen molar-refractivity contribution in [2.75, 3.05) is 31.5 Å². The van der Waals surface area contributed by atoms with Crippen molar-refractivity contribution < 1.29 is 4.39 Å². The van der Waals surface area contributed by atoms with Gasteiger partial charge in [0.15, 0.2) is 5.82 Å². The Morgan fingerprint density at radius 2 is 1.86 bits per heavy atom. The number of aromatic nitrogens is 5. The summed E-state index contributed by atoms with van der Waals surface area (Å²) in [6, 6.07) is 8.36. The van der Waals surface area contributed by atoms with E-state index in [9.17, 15) is 4.39 Å². The molecule has 0 atom stereocenters. The van der Waals surface area contributed by atoms with Crippen molar-refractivity contribution in [1.82, 2.24) is 34.3 Å². The number of nitrogens with zero attached hydrogens (tertiary/aromatic N) is 7. The summed E-state index contributed by atoms with van der Waals surface area (Å²) in [5, 5.41) is 3.97. The van der Waals surface area contributed by atoms with Gasteiger partial charge in [-0.3, -0.25) is 9.80 Å². The predicted octanol–water partition coefficient (Wildman–Crippen LogP) is 4.32. The van der Waals surface area contributed by atoms with Crippen LogP contribution in [0.15, 0.2) is 49.1 Å². The topological polar surface area (TPSA) is 75.0 Å². The quantitative estimate of drug-likeness (QED) is 0.428. The summed E-state index contributed by atoms with van der Waals surface area (Å²) in [6.45, 7) is 12.5. The first-order valence-corrected chi connectivity index (χ1v) is 12.2. The summed E-state index contributed by atoms with van der Waals surface area (Å²) < 4.78 is 16.8. The minimum atomic E-state index is -0.476. The van der Waals surface area contributed by atoms with Crippen LogP contribution in [-0.4, -0.2) is 66.5 Å². The number of pyridine rings is 2. The van der Waals surface area contributed by atoms with E-state index in [-0.39, 0.29) is 5.69 Å². The van der Waals surface area contributed by atoms with Crippen LogP contribution in [0.1, 0.15) is 26.3 Å². The van der Waals surface area contributed by atoms with Crippen molar-refractivity contribution in [3.63, 3.8) is 0 Å². The van der Waals surface area contributed by atoms with Crippen LogP contribution in [0.4, 0.5) is 16.2 Å². The molecule has 0 aromatic carbocycles. The molecular formula is C26H31FN8. The first-order valence-electron chi connectivity index (χ1n) is 12.2. The van der Waals surface area contributed by atoms with E-state index in [2.05, 4.69) is 55.0 Å². The van der Waals surface area contributed by atoms with Crippen LogP contribution < -0.4 is 5.32 Å². The Hall–Kier alpha value is -3.43. The molecule has 5 rings (SSSR count). The summed E-state index contributed by atoms with van der Waals surface area (Å²) in [5.41, 5.74) is 2.90. The van der Waals surface area contributed by atoms with Gasteiger partial charge < -0.3 is 9.88 Å². The number of fused-ring (bicyclic) bond motifs is 1. The Balaban J connectivity index is 1.30. The second-order valence-corrected chi connectivity index (χ2v) is 9.18. The third-order valence-electron chi connectivity index (χ3n) is 6.58. The van der Waals surface area contributed by atoms with Gasteiger partial charge in [0, 0.05) is 74.9 Å². The Kier molecular flexibility index (Phi) is 6.70. The van der Waals surface area contributed by atoms with Gasteiger partial charge in [0.1, 0.15) is 17.2 Å². The highest BCUT2D eigenvalue weighted by Gasteiger charge is 2.19. The number of piperazine rings is 1. The monoisotopic (exact) mass is 474 g/mol. The van der Waals surface area contributed by atoms with Crippen LogP contribution in [0.5, 0.6) is 0 Å². The molecule has 8 nitrogen and oxygen atoms in total. The van der Waals surface area contributed by atoms with Gasteiger partial charge >= 0.3 is 0 Å². The minimum absolute atomic E-state index is 0.241. The number of hydrogen-bond acceptors (Lipinski definition) is 7. The zero-order valence-electron chi connectivity index (χ0n) is 20.4. The molecule has 0 amide bonds. The van der Waals surface area contributed by atoms with Crippen LogP contribution >= 0.6 is 0 Å². The molecule has 4 aromatic heterocycles. The third-order valence-corrected chi connectivity index (χ3v) is 6.58. The smallest absolute Gasteiger partial charge is 0.229 e. The van der Waals surface area contributed by atoms with Gasteiger partial charge in [0.05, 0.1) is 6.20 Å². The highest BCUT2D eigenvalue weighted by molar-refractivity contribution is 5.93. The molecule has 0 radical (unpaired) electrons. The molecule has 4 aromatic rings. The summed E-state index contributed by atoms with van der Waals surface area (Å²) >= 11 is 0. The minimum Gasteiger partial charge on any atom is -0.332 e. The second kappa shape index (κ2) is 10.1. The van der Waals surface area contributed by atoms with Crippen molar-refractivity contribution in [2.45, 2.75) is 39.9 Å². The van der Waals surface area contributed by atoms with E-state index in [0.717, 1.165) is 55.9 Å². The molecule has 1 saturated heterocycles. The van der Waals surface area contributed by atoms with Gasteiger partial charge in [-0.1, -0.05) is 6.07 Å². The lowest BCUT2D eigenvalue weighted by Crippen LogP contribution is -2.48. The highest BCUT2D eigenvalue weighted by Crippen LogP contribution is 2.30. The maximum Gasteiger partial charge on any atom is 0.229 e. The maximum atomic E-state index is 14.8. The van der Waals surface area contributed by atoms with Gasteiger partial charge in [0.25, 0.3) is 0 Å². The lowest BCUT2D eigenvalue weighted by Gasteiger charge is -2.36.